The molecule has 0 aliphatic carbocycles. The highest BCUT2D eigenvalue weighted by Crippen LogP contribution is 2.20. The minimum absolute atomic E-state index is 0. The number of hydrogen-bond acceptors (Lipinski definition) is 4. The lowest BCUT2D eigenvalue weighted by atomic mass is 9.96. The normalized spacial score (nSPS) is 12.3. The van der Waals surface area contributed by atoms with Gasteiger partial charge in [-0.2, -0.15) is 0 Å². The molecule has 2 aromatic heterocycles. The van der Waals surface area contributed by atoms with Crippen molar-refractivity contribution in [2.75, 3.05) is 13.1 Å². The molecular weight excluding hydrogens is 543 g/mol. The summed E-state index contributed by atoms with van der Waals surface area (Å²) in [5.41, 5.74) is 1.27. The topological polar surface area (TPSA) is 67.1 Å². The predicted octanol–water partition coefficient (Wildman–Crippen LogP) is 4.93. The van der Waals surface area contributed by atoms with E-state index in [4.69, 9.17) is 16.6 Å². The minimum atomic E-state index is 0. The van der Waals surface area contributed by atoms with E-state index in [0.29, 0.717) is 12.5 Å². The third kappa shape index (κ3) is 7.76. The van der Waals surface area contributed by atoms with E-state index in [1.54, 1.807) is 11.3 Å². The number of nitrogens with zero attached hydrogens (tertiary/aromatic N) is 4. The van der Waals surface area contributed by atoms with Crippen molar-refractivity contribution >= 4 is 52.9 Å². The molecule has 0 aliphatic heterocycles. The van der Waals surface area contributed by atoms with Gasteiger partial charge in [-0.3, -0.25) is 0 Å². The molecule has 0 aliphatic rings. The summed E-state index contributed by atoms with van der Waals surface area (Å²) in [6.07, 6.45) is 2.00. The Kier molecular flexibility index (Phi) is 10.8. The van der Waals surface area contributed by atoms with Crippen LogP contribution in [0.3, 0.4) is 0 Å². The fourth-order valence-electron chi connectivity index (χ4n) is 3.12. The maximum atomic E-state index is 6.04. The molecule has 6 nitrogen and oxygen atoms in total. The third-order valence-electron chi connectivity index (χ3n) is 5.16. The molecule has 168 valence electrons. The van der Waals surface area contributed by atoms with Gasteiger partial charge in [0.15, 0.2) is 11.8 Å². The van der Waals surface area contributed by atoms with Crippen LogP contribution in [0.1, 0.15) is 41.4 Å². The molecule has 1 unspecified atom stereocenters. The molecular formula is C22H30ClIN6S. The second kappa shape index (κ2) is 13.0. The van der Waals surface area contributed by atoms with Crippen LogP contribution < -0.4 is 10.6 Å². The highest BCUT2D eigenvalue weighted by Gasteiger charge is 2.11. The van der Waals surface area contributed by atoms with Gasteiger partial charge >= 0.3 is 0 Å². The summed E-state index contributed by atoms with van der Waals surface area (Å²) in [5, 5.41) is 18.2. The zero-order valence-corrected chi connectivity index (χ0v) is 22.0. The standard InChI is InChI=1S/C22H29ClN6S.HI/c1-4-17(18-7-9-19(23)10-8-18)14-25-22(24-12-11-20-6-5-13-30-20)26-15-21-28-27-16(2)29(21)3;/h5-10,13,17H,4,11-12,14-15H2,1-3H3,(H2,24,25,26);1H. The van der Waals surface area contributed by atoms with E-state index in [9.17, 15) is 0 Å². The quantitative estimate of drug-likeness (QED) is 0.217. The van der Waals surface area contributed by atoms with Crippen molar-refractivity contribution in [1.82, 2.24) is 25.4 Å². The van der Waals surface area contributed by atoms with E-state index >= 15 is 0 Å². The van der Waals surface area contributed by atoms with Crippen LogP contribution >= 0.6 is 46.9 Å². The van der Waals surface area contributed by atoms with Crippen molar-refractivity contribution in [3.05, 3.63) is 68.9 Å². The Morgan fingerprint density at radius 3 is 2.58 bits per heavy atom. The van der Waals surface area contributed by atoms with Crippen LogP contribution in [0.2, 0.25) is 5.02 Å². The molecule has 0 radical (unpaired) electrons. The van der Waals surface area contributed by atoms with E-state index in [0.717, 1.165) is 48.6 Å². The molecule has 0 spiro atoms. The number of aryl methyl sites for hydroxylation is 1. The van der Waals surface area contributed by atoms with E-state index in [-0.39, 0.29) is 24.0 Å². The maximum absolute atomic E-state index is 6.04. The number of halogens is 2. The van der Waals surface area contributed by atoms with Crippen molar-refractivity contribution in [3.8, 4) is 0 Å². The van der Waals surface area contributed by atoms with Gasteiger partial charge in [0.25, 0.3) is 0 Å². The van der Waals surface area contributed by atoms with Crippen LogP contribution in [0.25, 0.3) is 0 Å². The number of thiophene rings is 1. The van der Waals surface area contributed by atoms with Gasteiger partial charge in [-0.15, -0.1) is 45.5 Å². The number of nitrogens with one attached hydrogen (secondary N) is 2. The highest BCUT2D eigenvalue weighted by molar-refractivity contribution is 14.0. The van der Waals surface area contributed by atoms with Crippen molar-refractivity contribution in [1.29, 1.82) is 0 Å². The Balaban J connectivity index is 0.00000341. The summed E-state index contributed by atoms with van der Waals surface area (Å²) >= 11 is 7.82. The van der Waals surface area contributed by atoms with Gasteiger partial charge in [-0.05, 0) is 48.9 Å². The zero-order chi connectivity index (χ0) is 21.3. The first-order valence-electron chi connectivity index (χ1n) is 10.2. The lowest BCUT2D eigenvalue weighted by molar-refractivity contribution is 0.627. The van der Waals surface area contributed by atoms with E-state index < -0.39 is 0 Å². The van der Waals surface area contributed by atoms with E-state index in [2.05, 4.69) is 57.4 Å². The number of hydrogen-bond donors (Lipinski definition) is 2. The summed E-state index contributed by atoms with van der Waals surface area (Å²) in [6, 6.07) is 12.3. The number of benzene rings is 1. The molecule has 0 saturated heterocycles. The lowest BCUT2D eigenvalue weighted by Crippen LogP contribution is -2.40. The Morgan fingerprint density at radius 2 is 1.97 bits per heavy atom. The molecule has 0 saturated carbocycles. The lowest BCUT2D eigenvalue weighted by Gasteiger charge is -2.19. The smallest absolute Gasteiger partial charge is 0.191 e. The van der Waals surface area contributed by atoms with Crippen molar-refractivity contribution in [2.45, 2.75) is 39.2 Å². The van der Waals surface area contributed by atoms with Crippen molar-refractivity contribution in [2.24, 2.45) is 12.0 Å². The van der Waals surface area contributed by atoms with Gasteiger partial charge in [0, 0.05) is 36.0 Å². The van der Waals surface area contributed by atoms with Crippen molar-refractivity contribution < 1.29 is 0 Å². The first-order chi connectivity index (χ1) is 14.6. The van der Waals surface area contributed by atoms with Crippen LogP contribution in [0.5, 0.6) is 0 Å². The number of rotatable bonds is 9. The summed E-state index contributed by atoms with van der Waals surface area (Å²) in [7, 11) is 1.96. The monoisotopic (exact) mass is 572 g/mol. The van der Waals surface area contributed by atoms with Crippen LogP contribution in [-0.4, -0.2) is 33.8 Å². The summed E-state index contributed by atoms with van der Waals surface area (Å²) in [6.45, 7) is 6.23. The Morgan fingerprint density at radius 1 is 1.19 bits per heavy atom. The number of aromatic nitrogens is 3. The summed E-state index contributed by atoms with van der Waals surface area (Å²) < 4.78 is 1.97. The fourth-order valence-corrected chi connectivity index (χ4v) is 3.96. The molecule has 1 aromatic carbocycles. The van der Waals surface area contributed by atoms with Crippen LogP contribution in [0, 0.1) is 6.92 Å². The minimum Gasteiger partial charge on any atom is -0.356 e. The van der Waals surface area contributed by atoms with E-state index in [1.165, 1.54) is 10.4 Å². The molecule has 2 heterocycles. The van der Waals surface area contributed by atoms with Gasteiger partial charge in [0.2, 0.25) is 0 Å². The molecule has 0 fully saturated rings. The second-order valence-electron chi connectivity index (χ2n) is 7.18. The molecule has 31 heavy (non-hydrogen) atoms. The van der Waals surface area contributed by atoms with Gasteiger partial charge < -0.3 is 15.2 Å². The van der Waals surface area contributed by atoms with Crippen LogP contribution in [0.4, 0.5) is 0 Å². The first kappa shape index (κ1) is 25.6. The molecule has 9 heteroatoms. The van der Waals surface area contributed by atoms with Gasteiger partial charge in [-0.1, -0.05) is 36.7 Å². The van der Waals surface area contributed by atoms with E-state index in [1.807, 2.05) is 30.7 Å². The van der Waals surface area contributed by atoms with Crippen LogP contribution in [0.15, 0.2) is 46.8 Å². The number of guanidine groups is 1. The Hall–Kier alpha value is -1.65. The Labute approximate surface area is 210 Å². The fraction of sp³-hybridized carbons (Fsp3) is 0.409. The molecule has 0 amide bonds. The molecule has 1 atom stereocenters. The number of aliphatic imine (C=N–C) groups is 1. The van der Waals surface area contributed by atoms with Crippen molar-refractivity contribution in [3.63, 3.8) is 0 Å². The first-order valence-corrected chi connectivity index (χ1v) is 11.5. The average molecular weight is 573 g/mol. The maximum Gasteiger partial charge on any atom is 0.191 e. The molecule has 3 aromatic rings. The van der Waals surface area contributed by atoms with Gasteiger partial charge in [0.1, 0.15) is 12.4 Å². The highest BCUT2D eigenvalue weighted by atomic mass is 127. The zero-order valence-electron chi connectivity index (χ0n) is 18.1. The summed E-state index contributed by atoms with van der Waals surface area (Å²) in [4.78, 5) is 6.11. The molecule has 2 N–H and O–H groups in total. The third-order valence-corrected chi connectivity index (χ3v) is 6.34. The van der Waals surface area contributed by atoms with Gasteiger partial charge in [-0.25, -0.2) is 4.99 Å². The molecule has 0 bridgehead atoms. The van der Waals surface area contributed by atoms with Gasteiger partial charge in [0.05, 0.1) is 0 Å². The molecule has 3 rings (SSSR count). The summed E-state index contributed by atoms with van der Waals surface area (Å²) in [5.74, 6) is 2.90. The SMILES string of the molecule is CCC(CNC(=NCc1nnc(C)n1C)NCCc1cccs1)c1ccc(Cl)cc1.I. The second-order valence-corrected chi connectivity index (χ2v) is 8.65. The largest absolute Gasteiger partial charge is 0.356 e. The average Bonchev–Trinajstić information content (AvgIpc) is 3.38. The van der Waals surface area contributed by atoms with Crippen LogP contribution in [-0.2, 0) is 20.0 Å². The predicted molar refractivity (Wildman–Crippen MR) is 141 cm³/mol. The Bertz CT molecular complexity index is 940.